The first-order valence-electron chi connectivity index (χ1n) is 9.42. The van der Waals surface area contributed by atoms with Crippen molar-refractivity contribution < 1.29 is 4.39 Å². The molecular weight excluding hydrogens is 385 g/mol. The third kappa shape index (κ3) is 2.46. The number of aromatic amines is 1. The van der Waals surface area contributed by atoms with Gasteiger partial charge in [-0.05, 0) is 55.3 Å². The number of nitrogens with one attached hydrogen (secondary N) is 1. The van der Waals surface area contributed by atoms with Gasteiger partial charge in [-0.1, -0.05) is 12.1 Å². The zero-order valence-electron chi connectivity index (χ0n) is 16.6. The van der Waals surface area contributed by atoms with Crippen molar-refractivity contribution in [3.63, 3.8) is 0 Å². The van der Waals surface area contributed by atoms with Crippen LogP contribution < -0.4 is 11.2 Å². The SMILES string of the molecule is Cc1cccc(-n2c(-c3ccc(F)cc3)cn3c4c(=O)[nH]c(=O)n(C)c4nc23)c1C. The molecule has 8 heteroatoms. The molecule has 150 valence electrons. The molecule has 0 spiro atoms. The van der Waals surface area contributed by atoms with Crippen LogP contribution in [0.1, 0.15) is 11.1 Å². The van der Waals surface area contributed by atoms with Crippen LogP contribution in [0, 0.1) is 19.7 Å². The van der Waals surface area contributed by atoms with Crippen molar-refractivity contribution in [1.29, 1.82) is 0 Å². The van der Waals surface area contributed by atoms with Crippen LogP contribution in [0.3, 0.4) is 0 Å². The Kier molecular flexibility index (Phi) is 3.79. The number of halogens is 1. The smallest absolute Gasteiger partial charge is 0.279 e. The molecule has 0 aliphatic rings. The Bertz CT molecular complexity index is 1570. The maximum atomic E-state index is 13.5. The molecule has 5 aromatic rings. The standard InChI is InChI=1S/C22H18FN5O2/c1-12-5-4-6-16(13(12)2)28-17(14-7-9-15(23)10-8-14)11-27-18-19(24-21(27)28)26(3)22(30)25-20(18)29/h4-11H,1-3H3,(H,25,29,30). The van der Waals surface area contributed by atoms with Gasteiger partial charge in [0.1, 0.15) is 5.82 Å². The number of H-pyrrole nitrogens is 1. The summed E-state index contributed by atoms with van der Waals surface area (Å²) in [6.07, 6.45) is 1.79. The molecule has 0 saturated carbocycles. The summed E-state index contributed by atoms with van der Waals surface area (Å²) in [5.41, 5.74) is 4.11. The van der Waals surface area contributed by atoms with E-state index in [0.29, 0.717) is 11.4 Å². The Balaban J connectivity index is 1.98. The van der Waals surface area contributed by atoms with E-state index < -0.39 is 11.2 Å². The van der Waals surface area contributed by atoms with Crippen LogP contribution in [-0.4, -0.2) is 23.5 Å². The van der Waals surface area contributed by atoms with E-state index in [4.69, 9.17) is 0 Å². The Morgan fingerprint density at radius 2 is 1.77 bits per heavy atom. The lowest BCUT2D eigenvalue weighted by Crippen LogP contribution is -2.28. The first kappa shape index (κ1) is 18.1. The normalized spacial score (nSPS) is 11.6. The van der Waals surface area contributed by atoms with Gasteiger partial charge in [0.05, 0.1) is 11.4 Å². The van der Waals surface area contributed by atoms with E-state index in [0.717, 1.165) is 28.1 Å². The van der Waals surface area contributed by atoms with Crippen molar-refractivity contribution in [1.82, 2.24) is 23.5 Å². The average molecular weight is 403 g/mol. The topological polar surface area (TPSA) is 77.1 Å². The number of hydrogen-bond donors (Lipinski definition) is 1. The van der Waals surface area contributed by atoms with Crippen LogP contribution in [0.25, 0.3) is 33.9 Å². The van der Waals surface area contributed by atoms with Gasteiger partial charge in [-0.25, -0.2) is 9.18 Å². The summed E-state index contributed by atoms with van der Waals surface area (Å²) >= 11 is 0. The summed E-state index contributed by atoms with van der Waals surface area (Å²) in [7, 11) is 1.57. The van der Waals surface area contributed by atoms with Crippen LogP contribution in [-0.2, 0) is 7.05 Å². The number of rotatable bonds is 2. The molecule has 7 nitrogen and oxygen atoms in total. The largest absolute Gasteiger partial charge is 0.329 e. The van der Waals surface area contributed by atoms with Crippen molar-refractivity contribution >= 4 is 16.9 Å². The van der Waals surface area contributed by atoms with Gasteiger partial charge < -0.3 is 0 Å². The fourth-order valence-electron chi connectivity index (χ4n) is 3.80. The Morgan fingerprint density at radius 3 is 2.50 bits per heavy atom. The molecule has 0 aliphatic carbocycles. The number of hydrogen-bond acceptors (Lipinski definition) is 3. The Hall–Kier alpha value is -3.94. The first-order chi connectivity index (χ1) is 14.4. The highest BCUT2D eigenvalue weighted by Gasteiger charge is 2.21. The highest BCUT2D eigenvalue weighted by Crippen LogP contribution is 2.31. The molecule has 30 heavy (non-hydrogen) atoms. The van der Waals surface area contributed by atoms with Gasteiger partial charge in [0.15, 0.2) is 11.2 Å². The molecule has 2 aromatic carbocycles. The number of aromatic nitrogens is 5. The number of fused-ring (bicyclic) bond motifs is 3. The van der Waals surface area contributed by atoms with Crippen LogP contribution >= 0.6 is 0 Å². The molecule has 0 bridgehead atoms. The predicted octanol–water partition coefficient (Wildman–Crippen LogP) is 3.09. The third-order valence-corrected chi connectivity index (χ3v) is 5.58. The zero-order valence-corrected chi connectivity index (χ0v) is 16.6. The monoisotopic (exact) mass is 403 g/mol. The van der Waals surface area contributed by atoms with E-state index in [2.05, 4.69) is 9.97 Å². The number of benzene rings is 2. The van der Waals surface area contributed by atoms with Crippen molar-refractivity contribution in [3.8, 4) is 16.9 Å². The fourth-order valence-corrected chi connectivity index (χ4v) is 3.80. The van der Waals surface area contributed by atoms with Gasteiger partial charge in [0, 0.05) is 18.8 Å². The molecule has 0 atom stereocenters. The molecule has 0 saturated heterocycles. The maximum Gasteiger partial charge on any atom is 0.329 e. The molecule has 1 N–H and O–H groups in total. The van der Waals surface area contributed by atoms with Crippen molar-refractivity contribution in [3.05, 3.63) is 86.4 Å². The second-order valence-corrected chi connectivity index (χ2v) is 7.35. The van der Waals surface area contributed by atoms with Crippen molar-refractivity contribution in [2.24, 2.45) is 7.05 Å². The molecular formula is C22H18FN5O2. The predicted molar refractivity (Wildman–Crippen MR) is 113 cm³/mol. The molecule has 0 radical (unpaired) electrons. The minimum Gasteiger partial charge on any atom is -0.279 e. The van der Waals surface area contributed by atoms with E-state index in [1.165, 1.54) is 16.7 Å². The molecule has 0 amide bonds. The van der Waals surface area contributed by atoms with Gasteiger partial charge >= 0.3 is 5.69 Å². The van der Waals surface area contributed by atoms with Crippen molar-refractivity contribution in [2.75, 3.05) is 0 Å². The average Bonchev–Trinajstić information content (AvgIpc) is 3.26. The lowest BCUT2D eigenvalue weighted by Gasteiger charge is -2.13. The highest BCUT2D eigenvalue weighted by atomic mass is 19.1. The lowest BCUT2D eigenvalue weighted by atomic mass is 10.1. The van der Waals surface area contributed by atoms with Gasteiger partial charge in [-0.15, -0.1) is 0 Å². The summed E-state index contributed by atoms with van der Waals surface area (Å²) < 4.78 is 18.4. The van der Waals surface area contributed by atoms with E-state index >= 15 is 0 Å². The summed E-state index contributed by atoms with van der Waals surface area (Å²) in [5, 5.41) is 0. The summed E-state index contributed by atoms with van der Waals surface area (Å²) in [4.78, 5) is 31.6. The number of aryl methyl sites for hydroxylation is 2. The molecule has 5 rings (SSSR count). The van der Waals surface area contributed by atoms with Gasteiger partial charge in [-0.3, -0.25) is 23.3 Å². The van der Waals surface area contributed by atoms with Crippen LogP contribution in [0.2, 0.25) is 0 Å². The van der Waals surface area contributed by atoms with Crippen LogP contribution in [0.5, 0.6) is 0 Å². The second kappa shape index (κ2) is 6.28. The quantitative estimate of drug-likeness (QED) is 0.492. The first-order valence-corrected chi connectivity index (χ1v) is 9.42. The molecule has 3 heterocycles. The van der Waals surface area contributed by atoms with E-state index in [-0.39, 0.29) is 11.3 Å². The Morgan fingerprint density at radius 1 is 1.03 bits per heavy atom. The molecule has 3 aromatic heterocycles. The summed E-state index contributed by atoms with van der Waals surface area (Å²) in [6, 6.07) is 12.1. The molecule has 0 aliphatic heterocycles. The molecule has 0 unspecified atom stereocenters. The van der Waals surface area contributed by atoms with Crippen LogP contribution in [0.4, 0.5) is 4.39 Å². The number of nitrogens with zero attached hydrogens (tertiary/aromatic N) is 4. The minimum atomic E-state index is -0.523. The van der Waals surface area contributed by atoms with E-state index in [1.54, 1.807) is 29.8 Å². The second-order valence-electron chi connectivity index (χ2n) is 7.35. The van der Waals surface area contributed by atoms with Gasteiger partial charge in [0.2, 0.25) is 5.78 Å². The van der Waals surface area contributed by atoms with Gasteiger partial charge in [0.25, 0.3) is 5.56 Å². The van der Waals surface area contributed by atoms with Crippen molar-refractivity contribution in [2.45, 2.75) is 13.8 Å². The fraction of sp³-hybridized carbons (Fsp3) is 0.136. The maximum absolute atomic E-state index is 13.5. The summed E-state index contributed by atoms with van der Waals surface area (Å²) in [5.74, 6) is 0.162. The van der Waals surface area contributed by atoms with E-state index in [9.17, 15) is 14.0 Å². The van der Waals surface area contributed by atoms with Gasteiger partial charge in [-0.2, -0.15) is 4.98 Å². The minimum absolute atomic E-state index is 0.277. The van der Waals surface area contributed by atoms with Crippen LogP contribution in [0.15, 0.2) is 58.3 Å². The highest BCUT2D eigenvalue weighted by molar-refractivity contribution is 5.79. The Labute approximate surface area is 169 Å². The summed E-state index contributed by atoms with van der Waals surface area (Å²) in [6.45, 7) is 4.04. The zero-order chi connectivity index (χ0) is 21.2. The number of imidazole rings is 2. The lowest BCUT2D eigenvalue weighted by molar-refractivity contribution is 0.628. The van der Waals surface area contributed by atoms with E-state index in [1.807, 2.05) is 36.6 Å². The third-order valence-electron chi connectivity index (χ3n) is 5.58. The molecule has 0 fully saturated rings.